The van der Waals surface area contributed by atoms with Crippen LogP contribution in [0.1, 0.15) is 58.2 Å². The molecule has 0 amide bonds. The Balaban J connectivity index is 1.97. The van der Waals surface area contributed by atoms with Crippen LogP contribution in [-0.4, -0.2) is 27.6 Å². The van der Waals surface area contributed by atoms with Crippen molar-refractivity contribution >= 4 is 5.78 Å². The van der Waals surface area contributed by atoms with E-state index in [0.717, 1.165) is 12.2 Å². The summed E-state index contributed by atoms with van der Waals surface area (Å²) < 4.78 is 2.05. The standard InChI is InChI=1S/C15H25N3O/c1-4-16-15(2,3)14(19)11-12-9-10-18(17-12)13-7-5-6-8-13/h9-10,13,16H,4-8,11H2,1-3H3. The fraction of sp³-hybridized carbons (Fsp3) is 0.733. The van der Waals surface area contributed by atoms with E-state index in [-0.39, 0.29) is 5.78 Å². The van der Waals surface area contributed by atoms with Crippen LogP contribution >= 0.6 is 0 Å². The second kappa shape index (κ2) is 5.87. The fourth-order valence-corrected chi connectivity index (χ4v) is 2.77. The molecular weight excluding hydrogens is 238 g/mol. The molecule has 0 spiro atoms. The summed E-state index contributed by atoms with van der Waals surface area (Å²) in [7, 11) is 0. The average Bonchev–Trinajstić information content (AvgIpc) is 2.97. The van der Waals surface area contributed by atoms with Crippen molar-refractivity contribution in [2.45, 2.75) is 64.5 Å². The van der Waals surface area contributed by atoms with Gasteiger partial charge in [0.25, 0.3) is 0 Å². The molecule has 0 atom stereocenters. The molecule has 1 aromatic rings. The van der Waals surface area contributed by atoms with Crippen LogP contribution in [0.3, 0.4) is 0 Å². The van der Waals surface area contributed by atoms with Gasteiger partial charge in [0.15, 0.2) is 5.78 Å². The second-order valence-electron chi connectivity index (χ2n) is 5.98. The van der Waals surface area contributed by atoms with Gasteiger partial charge in [-0.05, 0) is 39.3 Å². The highest BCUT2D eigenvalue weighted by Gasteiger charge is 2.27. The zero-order valence-corrected chi connectivity index (χ0v) is 12.3. The number of carbonyl (C=O) groups is 1. The first-order valence-electron chi connectivity index (χ1n) is 7.35. The van der Waals surface area contributed by atoms with Crippen molar-refractivity contribution in [2.75, 3.05) is 6.54 Å². The Bertz CT molecular complexity index is 430. The quantitative estimate of drug-likeness (QED) is 0.857. The van der Waals surface area contributed by atoms with Gasteiger partial charge in [-0.15, -0.1) is 0 Å². The lowest BCUT2D eigenvalue weighted by Crippen LogP contribution is -2.47. The van der Waals surface area contributed by atoms with Crippen LogP contribution < -0.4 is 5.32 Å². The maximum atomic E-state index is 12.2. The predicted molar refractivity (Wildman–Crippen MR) is 76.2 cm³/mol. The van der Waals surface area contributed by atoms with Crippen molar-refractivity contribution in [3.63, 3.8) is 0 Å². The third-order valence-corrected chi connectivity index (χ3v) is 4.02. The van der Waals surface area contributed by atoms with E-state index in [1.807, 2.05) is 33.0 Å². The van der Waals surface area contributed by atoms with Gasteiger partial charge < -0.3 is 5.32 Å². The monoisotopic (exact) mass is 263 g/mol. The highest BCUT2D eigenvalue weighted by atomic mass is 16.1. The normalized spacial score (nSPS) is 17.0. The largest absolute Gasteiger partial charge is 0.306 e. The maximum Gasteiger partial charge on any atom is 0.158 e. The van der Waals surface area contributed by atoms with Crippen LogP contribution in [0.4, 0.5) is 0 Å². The van der Waals surface area contributed by atoms with E-state index in [9.17, 15) is 4.79 Å². The van der Waals surface area contributed by atoms with Crippen LogP contribution in [-0.2, 0) is 11.2 Å². The summed E-state index contributed by atoms with van der Waals surface area (Å²) in [6.45, 7) is 6.69. The van der Waals surface area contributed by atoms with Crippen molar-refractivity contribution < 1.29 is 4.79 Å². The Labute approximate surface area is 115 Å². The van der Waals surface area contributed by atoms with Crippen LogP contribution in [0.15, 0.2) is 12.3 Å². The number of aromatic nitrogens is 2. The highest BCUT2D eigenvalue weighted by molar-refractivity contribution is 5.89. The van der Waals surface area contributed by atoms with E-state index < -0.39 is 5.54 Å². The molecule has 0 aromatic carbocycles. The number of likely N-dealkylation sites (N-methyl/N-ethyl adjacent to an activating group) is 1. The first kappa shape index (κ1) is 14.3. The van der Waals surface area contributed by atoms with Crippen LogP contribution in [0, 0.1) is 0 Å². The van der Waals surface area contributed by atoms with Gasteiger partial charge in [0.1, 0.15) is 0 Å². The Kier molecular flexibility index (Phi) is 4.40. The van der Waals surface area contributed by atoms with Gasteiger partial charge in [0.05, 0.1) is 23.7 Å². The molecule has 0 bridgehead atoms. The molecule has 1 heterocycles. The second-order valence-corrected chi connectivity index (χ2v) is 5.98. The van der Waals surface area contributed by atoms with E-state index in [1.54, 1.807) is 0 Å². The van der Waals surface area contributed by atoms with Crippen molar-refractivity contribution in [1.29, 1.82) is 0 Å². The van der Waals surface area contributed by atoms with Crippen molar-refractivity contribution in [3.05, 3.63) is 18.0 Å². The highest BCUT2D eigenvalue weighted by Crippen LogP contribution is 2.28. The fourth-order valence-electron chi connectivity index (χ4n) is 2.77. The predicted octanol–water partition coefficient (Wildman–Crippen LogP) is 2.50. The average molecular weight is 263 g/mol. The Morgan fingerprint density at radius 3 is 2.79 bits per heavy atom. The van der Waals surface area contributed by atoms with E-state index in [1.165, 1.54) is 25.7 Å². The third kappa shape index (κ3) is 3.44. The zero-order chi connectivity index (χ0) is 13.9. The number of nitrogens with one attached hydrogen (secondary N) is 1. The summed E-state index contributed by atoms with van der Waals surface area (Å²) in [5.74, 6) is 0.200. The summed E-state index contributed by atoms with van der Waals surface area (Å²) in [6.07, 6.45) is 7.48. The van der Waals surface area contributed by atoms with E-state index in [4.69, 9.17) is 0 Å². The first-order valence-corrected chi connectivity index (χ1v) is 7.35. The van der Waals surface area contributed by atoms with Crippen LogP contribution in [0.25, 0.3) is 0 Å². The van der Waals surface area contributed by atoms with E-state index in [2.05, 4.69) is 15.1 Å². The van der Waals surface area contributed by atoms with Crippen molar-refractivity contribution in [1.82, 2.24) is 15.1 Å². The molecule has 2 rings (SSSR count). The molecule has 1 aliphatic carbocycles. The molecular formula is C15H25N3O. The summed E-state index contributed by atoms with van der Waals surface area (Å²) in [4.78, 5) is 12.2. The summed E-state index contributed by atoms with van der Waals surface area (Å²) in [6, 6.07) is 2.53. The molecule has 1 N–H and O–H groups in total. The van der Waals surface area contributed by atoms with Gasteiger partial charge in [0, 0.05) is 6.20 Å². The lowest BCUT2D eigenvalue weighted by Gasteiger charge is -2.23. The number of rotatable bonds is 6. The van der Waals surface area contributed by atoms with E-state index >= 15 is 0 Å². The number of hydrogen-bond donors (Lipinski definition) is 1. The number of hydrogen-bond acceptors (Lipinski definition) is 3. The molecule has 1 aromatic heterocycles. The van der Waals surface area contributed by atoms with Crippen LogP contribution in [0.5, 0.6) is 0 Å². The minimum absolute atomic E-state index is 0.200. The van der Waals surface area contributed by atoms with Gasteiger partial charge in [-0.3, -0.25) is 9.48 Å². The molecule has 0 aliphatic heterocycles. The van der Waals surface area contributed by atoms with Gasteiger partial charge in [0.2, 0.25) is 0 Å². The van der Waals surface area contributed by atoms with Crippen LogP contribution in [0.2, 0.25) is 0 Å². The minimum Gasteiger partial charge on any atom is -0.306 e. The third-order valence-electron chi connectivity index (χ3n) is 4.02. The summed E-state index contributed by atoms with van der Waals surface area (Å²) >= 11 is 0. The molecule has 0 radical (unpaired) electrons. The zero-order valence-electron chi connectivity index (χ0n) is 12.3. The molecule has 4 heteroatoms. The van der Waals surface area contributed by atoms with Crippen molar-refractivity contribution in [3.8, 4) is 0 Å². The molecule has 0 saturated heterocycles. The lowest BCUT2D eigenvalue weighted by molar-refractivity contribution is -0.123. The number of nitrogens with zero attached hydrogens (tertiary/aromatic N) is 2. The Hall–Kier alpha value is -1.16. The first-order chi connectivity index (χ1) is 9.03. The molecule has 0 unspecified atom stereocenters. The topological polar surface area (TPSA) is 46.9 Å². The van der Waals surface area contributed by atoms with Gasteiger partial charge in [-0.2, -0.15) is 5.10 Å². The Morgan fingerprint density at radius 2 is 2.16 bits per heavy atom. The van der Waals surface area contributed by atoms with Gasteiger partial charge >= 0.3 is 0 Å². The maximum absolute atomic E-state index is 12.2. The molecule has 1 aliphatic rings. The molecule has 1 fully saturated rings. The molecule has 1 saturated carbocycles. The van der Waals surface area contributed by atoms with Gasteiger partial charge in [-0.25, -0.2) is 0 Å². The smallest absolute Gasteiger partial charge is 0.158 e. The SMILES string of the molecule is CCNC(C)(C)C(=O)Cc1ccn(C2CCCC2)n1. The number of Topliss-reactive ketones (excluding diaryl/α,β-unsaturated/α-hetero) is 1. The van der Waals surface area contributed by atoms with Crippen molar-refractivity contribution in [2.24, 2.45) is 0 Å². The number of ketones is 1. The van der Waals surface area contributed by atoms with Gasteiger partial charge in [-0.1, -0.05) is 19.8 Å². The summed E-state index contributed by atoms with van der Waals surface area (Å²) in [5, 5.41) is 7.79. The molecule has 4 nitrogen and oxygen atoms in total. The molecule has 19 heavy (non-hydrogen) atoms. The number of carbonyl (C=O) groups excluding carboxylic acids is 1. The minimum atomic E-state index is -0.466. The Morgan fingerprint density at radius 1 is 1.47 bits per heavy atom. The van der Waals surface area contributed by atoms with E-state index in [0.29, 0.717) is 12.5 Å². The summed E-state index contributed by atoms with van der Waals surface area (Å²) in [5.41, 5.74) is 0.425. The molecule has 106 valence electrons. The lowest BCUT2D eigenvalue weighted by atomic mass is 9.95.